The number of aliphatic carboxylic acids is 1. The summed E-state index contributed by atoms with van der Waals surface area (Å²) in [4.78, 5) is 23.4. The Morgan fingerprint density at radius 1 is 1.09 bits per heavy atom. The smallest absolute Gasteiger partial charge is 0.303 e. The van der Waals surface area contributed by atoms with Crippen molar-refractivity contribution in [2.75, 3.05) is 11.9 Å². The first kappa shape index (κ1) is 26.1. The van der Waals surface area contributed by atoms with Crippen LogP contribution in [0.25, 0.3) is 16.5 Å². The highest BCUT2D eigenvalue weighted by atomic mass is 16.5. The molecule has 0 fully saturated rings. The number of carbonyl (C=O) groups excluding carboxylic acids is 1. The number of hydrogen-bond donors (Lipinski definition) is 2. The van der Waals surface area contributed by atoms with Gasteiger partial charge in [0.2, 0.25) is 5.91 Å². The molecule has 0 aliphatic heterocycles. The molecule has 3 rings (SSSR count). The quantitative estimate of drug-likeness (QED) is 0.204. The Hall–Kier alpha value is -3.54. The zero-order chi connectivity index (χ0) is 25.2. The summed E-state index contributed by atoms with van der Waals surface area (Å²) in [6.07, 6.45) is 8.89. The minimum atomic E-state index is -0.854. The second-order valence-electron chi connectivity index (χ2n) is 8.89. The number of carboxylic acid groups (broad SMARTS) is 1. The Labute approximate surface area is 207 Å². The van der Waals surface area contributed by atoms with Crippen LogP contribution in [0.15, 0.2) is 60.8 Å². The van der Waals surface area contributed by atoms with E-state index in [4.69, 9.17) is 9.84 Å². The number of nitrogens with zero attached hydrogens (tertiary/aromatic N) is 1. The minimum Gasteiger partial charge on any atom is -0.491 e. The molecule has 0 saturated carbocycles. The van der Waals surface area contributed by atoms with Crippen molar-refractivity contribution in [1.82, 2.24) is 4.57 Å². The maximum atomic E-state index is 12.7. The van der Waals surface area contributed by atoms with Gasteiger partial charge in [-0.1, -0.05) is 44.9 Å². The number of hydrogen-bond acceptors (Lipinski definition) is 3. The molecule has 186 valence electrons. The maximum absolute atomic E-state index is 12.7. The molecule has 3 aromatic rings. The lowest BCUT2D eigenvalue weighted by Gasteiger charge is -2.19. The molecular weight excluding hydrogens is 440 g/mol. The zero-order valence-corrected chi connectivity index (χ0v) is 20.9. The summed E-state index contributed by atoms with van der Waals surface area (Å²) < 4.78 is 8.08. The van der Waals surface area contributed by atoms with E-state index in [2.05, 4.69) is 54.2 Å². The summed E-state index contributed by atoms with van der Waals surface area (Å²) in [7, 11) is 0. The Morgan fingerprint density at radius 2 is 1.83 bits per heavy atom. The van der Waals surface area contributed by atoms with E-state index in [1.165, 1.54) is 23.7 Å². The summed E-state index contributed by atoms with van der Waals surface area (Å²) in [6, 6.07) is 16.2. The van der Waals surface area contributed by atoms with Gasteiger partial charge in [0.25, 0.3) is 0 Å². The topological polar surface area (TPSA) is 80.6 Å². The predicted molar refractivity (Wildman–Crippen MR) is 142 cm³/mol. The minimum absolute atomic E-state index is 0.0437. The number of rotatable bonds is 13. The highest BCUT2D eigenvalue weighted by molar-refractivity contribution is 6.04. The summed E-state index contributed by atoms with van der Waals surface area (Å²) in [5.41, 5.74) is 3.66. The van der Waals surface area contributed by atoms with Crippen LogP contribution in [0, 0.1) is 0 Å². The number of anilines is 1. The van der Waals surface area contributed by atoms with E-state index >= 15 is 0 Å². The van der Waals surface area contributed by atoms with Gasteiger partial charge in [0.1, 0.15) is 5.75 Å². The first-order chi connectivity index (χ1) is 16.9. The molecule has 1 heterocycles. The fourth-order valence-electron chi connectivity index (χ4n) is 4.37. The predicted octanol–water partition coefficient (Wildman–Crippen LogP) is 7.07. The molecule has 0 spiro atoms. The number of aromatic nitrogens is 1. The van der Waals surface area contributed by atoms with E-state index in [0.29, 0.717) is 23.9 Å². The van der Waals surface area contributed by atoms with Crippen molar-refractivity contribution in [2.24, 2.45) is 0 Å². The van der Waals surface area contributed by atoms with Gasteiger partial charge < -0.3 is 19.7 Å². The van der Waals surface area contributed by atoms with Crippen molar-refractivity contribution in [3.05, 3.63) is 66.4 Å². The Morgan fingerprint density at radius 3 is 2.54 bits per heavy atom. The van der Waals surface area contributed by atoms with Crippen LogP contribution in [-0.2, 0) is 9.59 Å². The van der Waals surface area contributed by atoms with Gasteiger partial charge in [-0.05, 0) is 67.7 Å². The monoisotopic (exact) mass is 476 g/mol. The number of nitrogens with one attached hydrogen (secondary N) is 1. The first-order valence-corrected chi connectivity index (χ1v) is 12.5. The average Bonchev–Trinajstić information content (AvgIpc) is 3.25. The van der Waals surface area contributed by atoms with Gasteiger partial charge in [0.15, 0.2) is 0 Å². The molecule has 6 nitrogen and oxygen atoms in total. The average molecular weight is 477 g/mol. The van der Waals surface area contributed by atoms with E-state index in [-0.39, 0.29) is 18.9 Å². The number of ether oxygens (including phenoxy) is 1. The number of carbonyl (C=O) groups is 2. The normalized spacial score (nSPS) is 11.7. The SMILES string of the molecule is CCCC(CCC)n1ccc2cc(/C(C)=C/C(=O)Nc3ccccc3OCCCC(=O)O)ccc21. The molecular formula is C29H36N2O4. The molecule has 0 radical (unpaired) electrons. The van der Waals surface area contributed by atoms with Crippen LogP contribution < -0.4 is 10.1 Å². The van der Waals surface area contributed by atoms with Gasteiger partial charge >= 0.3 is 5.97 Å². The highest BCUT2D eigenvalue weighted by Gasteiger charge is 2.13. The molecule has 0 bridgehead atoms. The van der Waals surface area contributed by atoms with Crippen LogP contribution in [0.5, 0.6) is 5.75 Å². The lowest BCUT2D eigenvalue weighted by Crippen LogP contribution is -2.11. The molecule has 1 aromatic heterocycles. The number of fused-ring (bicyclic) bond motifs is 1. The highest BCUT2D eigenvalue weighted by Crippen LogP contribution is 2.29. The molecule has 0 atom stereocenters. The first-order valence-electron chi connectivity index (χ1n) is 12.5. The largest absolute Gasteiger partial charge is 0.491 e. The van der Waals surface area contributed by atoms with Crippen LogP contribution >= 0.6 is 0 Å². The van der Waals surface area contributed by atoms with Crippen molar-refractivity contribution in [2.45, 2.75) is 65.3 Å². The van der Waals surface area contributed by atoms with Gasteiger partial charge in [0, 0.05) is 35.6 Å². The van der Waals surface area contributed by atoms with Gasteiger partial charge in [0.05, 0.1) is 12.3 Å². The third-order valence-corrected chi connectivity index (χ3v) is 6.10. The van der Waals surface area contributed by atoms with E-state index in [9.17, 15) is 9.59 Å². The molecule has 2 aromatic carbocycles. The Bertz CT molecular complexity index is 1170. The third kappa shape index (κ3) is 7.22. The zero-order valence-electron chi connectivity index (χ0n) is 20.9. The summed E-state index contributed by atoms with van der Waals surface area (Å²) in [6.45, 7) is 6.67. The molecule has 0 aliphatic rings. The van der Waals surface area contributed by atoms with Gasteiger partial charge in [-0.15, -0.1) is 0 Å². The third-order valence-electron chi connectivity index (χ3n) is 6.10. The molecule has 35 heavy (non-hydrogen) atoms. The number of amides is 1. The molecule has 0 unspecified atom stereocenters. The molecule has 1 amide bonds. The molecule has 6 heteroatoms. The van der Waals surface area contributed by atoms with Crippen molar-refractivity contribution < 1.29 is 19.4 Å². The van der Waals surface area contributed by atoms with Crippen molar-refractivity contribution >= 4 is 34.0 Å². The van der Waals surface area contributed by atoms with Crippen molar-refractivity contribution in [3.63, 3.8) is 0 Å². The standard InChI is InChI=1S/C29H36N2O4/c1-4-9-24(10-5-2)31-17-16-23-20-22(14-15-26(23)31)21(3)19-28(32)30-25-11-6-7-12-27(25)35-18-8-13-29(33)34/h6-7,11-12,14-17,19-20,24H,4-5,8-10,13,18H2,1-3H3,(H,30,32)(H,33,34)/b21-19+. The van der Waals surface area contributed by atoms with Gasteiger partial charge in [-0.2, -0.15) is 0 Å². The van der Waals surface area contributed by atoms with E-state index < -0.39 is 5.97 Å². The molecule has 2 N–H and O–H groups in total. The van der Waals surface area contributed by atoms with Gasteiger partial charge in [-0.3, -0.25) is 9.59 Å². The Balaban J connectivity index is 1.71. The summed E-state index contributed by atoms with van der Waals surface area (Å²) in [5, 5.41) is 12.8. The summed E-state index contributed by atoms with van der Waals surface area (Å²) >= 11 is 0. The Kier molecular flexibility index (Phi) is 9.53. The lowest BCUT2D eigenvalue weighted by atomic mass is 10.0. The fraction of sp³-hybridized carbons (Fsp3) is 0.379. The molecule has 0 saturated heterocycles. The van der Waals surface area contributed by atoms with Crippen LogP contribution in [-0.4, -0.2) is 28.2 Å². The van der Waals surface area contributed by atoms with E-state index in [1.54, 1.807) is 18.2 Å². The number of para-hydroxylation sites is 2. The van der Waals surface area contributed by atoms with Crippen molar-refractivity contribution in [1.29, 1.82) is 0 Å². The van der Waals surface area contributed by atoms with Crippen LogP contribution in [0.4, 0.5) is 5.69 Å². The number of allylic oxidation sites excluding steroid dienone is 1. The second-order valence-corrected chi connectivity index (χ2v) is 8.89. The van der Waals surface area contributed by atoms with E-state index in [1.807, 2.05) is 19.1 Å². The fourth-order valence-corrected chi connectivity index (χ4v) is 4.37. The maximum Gasteiger partial charge on any atom is 0.303 e. The second kappa shape index (κ2) is 12.8. The van der Waals surface area contributed by atoms with Crippen LogP contribution in [0.3, 0.4) is 0 Å². The number of carboxylic acids is 1. The van der Waals surface area contributed by atoms with Crippen molar-refractivity contribution in [3.8, 4) is 5.75 Å². The molecule has 0 aliphatic carbocycles. The lowest BCUT2D eigenvalue weighted by molar-refractivity contribution is -0.137. The van der Waals surface area contributed by atoms with Crippen LogP contribution in [0.1, 0.15) is 70.9 Å². The summed E-state index contributed by atoms with van der Waals surface area (Å²) in [5.74, 6) is -0.575. The van der Waals surface area contributed by atoms with Gasteiger partial charge in [-0.25, -0.2) is 0 Å². The van der Waals surface area contributed by atoms with Crippen LogP contribution in [0.2, 0.25) is 0 Å². The van der Waals surface area contributed by atoms with E-state index in [0.717, 1.165) is 24.0 Å². The number of benzene rings is 2.